The molecule has 0 radical (unpaired) electrons. The van der Waals surface area contributed by atoms with Crippen molar-refractivity contribution in [3.05, 3.63) is 23.3 Å². The fourth-order valence-corrected chi connectivity index (χ4v) is 3.05. The average Bonchev–Trinajstić information content (AvgIpc) is 2.46. The van der Waals surface area contributed by atoms with Crippen molar-refractivity contribution in [3.63, 3.8) is 0 Å². The first-order valence-corrected chi connectivity index (χ1v) is 9.10. The van der Waals surface area contributed by atoms with Crippen molar-refractivity contribution in [1.82, 2.24) is 0 Å². The van der Waals surface area contributed by atoms with Crippen LogP contribution in [0.15, 0.2) is 12.1 Å². The van der Waals surface area contributed by atoms with E-state index in [2.05, 4.69) is 0 Å². The summed E-state index contributed by atoms with van der Waals surface area (Å²) in [4.78, 5) is 0. The van der Waals surface area contributed by atoms with Crippen LogP contribution in [0.3, 0.4) is 0 Å². The molecule has 0 atom stereocenters. The standard InChI is InChI=1S/C12H24.C8H10O2/c1-2-4-6-8-10-12-11-9-7-5-3-1;1-5-3-7(9)4-6(2)8(5)10/h1-12H2;3-4,9-10H,1-2H3. The van der Waals surface area contributed by atoms with Crippen molar-refractivity contribution in [1.29, 1.82) is 0 Å². The molecule has 22 heavy (non-hydrogen) atoms. The summed E-state index contributed by atoms with van der Waals surface area (Å²) in [6.45, 7) is 3.50. The maximum atomic E-state index is 9.22. The van der Waals surface area contributed by atoms with Gasteiger partial charge in [0.15, 0.2) is 0 Å². The van der Waals surface area contributed by atoms with Crippen molar-refractivity contribution in [2.45, 2.75) is 90.9 Å². The second kappa shape index (κ2) is 11.4. The minimum absolute atomic E-state index is 0.202. The van der Waals surface area contributed by atoms with E-state index in [1.165, 1.54) is 89.2 Å². The highest BCUT2D eigenvalue weighted by Gasteiger charge is 2.00. The molecule has 2 heteroatoms. The Kier molecular flexibility index (Phi) is 9.77. The van der Waals surface area contributed by atoms with E-state index in [4.69, 9.17) is 5.11 Å². The zero-order chi connectivity index (χ0) is 16.2. The second-order valence-electron chi connectivity index (χ2n) is 6.67. The van der Waals surface area contributed by atoms with Crippen molar-refractivity contribution >= 4 is 0 Å². The van der Waals surface area contributed by atoms with Gasteiger partial charge < -0.3 is 10.2 Å². The molecule has 2 rings (SSSR count). The van der Waals surface area contributed by atoms with Gasteiger partial charge in [-0.15, -0.1) is 0 Å². The zero-order valence-electron chi connectivity index (χ0n) is 14.5. The Hall–Kier alpha value is -1.18. The summed E-state index contributed by atoms with van der Waals surface area (Å²) in [5.74, 6) is 0.464. The van der Waals surface area contributed by atoms with Gasteiger partial charge in [0.25, 0.3) is 0 Å². The first kappa shape index (κ1) is 18.9. The van der Waals surface area contributed by atoms with Gasteiger partial charge in [-0.25, -0.2) is 0 Å². The molecule has 1 aliphatic rings. The van der Waals surface area contributed by atoms with Gasteiger partial charge in [0.1, 0.15) is 11.5 Å². The summed E-state index contributed by atoms with van der Waals surface area (Å²) in [6, 6.07) is 3.06. The molecule has 2 nitrogen and oxygen atoms in total. The van der Waals surface area contributed by atoms with Gasteiger partial charge in [-0.05, 0) is 37.1 Å². The summed E-state index contributed by atoms with van der Waals surface area (Å²) in [5, 5.41) is 18.2. The number of phenols is 2. The van der Waals surface area contributed by atoms with Crippen LogP contribution >= 0.6 is 0 Å². The lowest BCUT2D eigenvalue weighted by Gasteiger charge is -2.05. The Morgan fingerprint density at radius 2 is 0.773 bits per heavy atom. The Balaban J connectivity index is 0.000000224. The second-order valence-corrected chi connectivity index (χ2v) is 6.67. The quantitative estimate of drug-likeness (QED) is 0.545. The number of phenolic OH excluding ortho intramolecular Hbond substituents is 2. The molecule has 126 valence electrons. The summed E-state index contributed by atoms with van der Waals surface area (Å²) < 4.78 is 0. The monoisotopic (exact) mass is 306 g/mol. The number of aryl methyl sites for hydroxylation is 2. The summed E-state index contributed by atoms with van der Waals surface area (Å²) >= 11 is 0. The van der Waals surface area contributed by atoms with Crippen molar-refractivity contribution in [3.8, 4) is 11.5 Å². The predicted molar refractivity (Wildman–Crippen MR) is 94.6 cm³/mol. The number of hydrogen-bond acceptors (Lipinski definition) is 2. The van der Waals surface area contributed by atoms with Gasteiger partial charge in [-0.2, -0.15) is 0 Å². The van der Waals surface area contributed by atoms with Gasteiger partial charge in [0.05, 0.1) is 0 Å². The maximum absolute atomic E-state index is 9.22. The molecule has 0 spiro atoms. The third-order valence-electron chi connectivity index (χ3n) is 4.48. The molecule has 0 unspecified atom stereocenters. The fourth-order valence-electron chi connectivity index (χ4n) is 3.05. The van der Waals surface area contributed by atoms with Crippen LogP contribution in [0.25, 0.3) is 0 Å². The summed E-state index contributed by atoms with van der Waals surface area (Å²) in [6.07, 6.45) is 18.0. The van der Waals surface area contributed by atoms with Gasteiger partial charge in [-0.3, -0.25) is 0 Å². The van der Waals surface area contributed by atoms with E-state index in [1.807, 2.05) is 0 Å². The lowest BCUT2D eigenvalue weighted by atomic mass is 10.0. The van der Waals surface area contributed by atoms with E-state index >= 15 is 0 Å². The lowest BCUT2D eigenvalue weighted by molar-refractivity contribution is 0.453. The molecule has 0 aliphatic heterocycles. The van der Waals surface area contributed by atoms with Crippen LogP contribution in [-0.4, -0.2) is 10.2 Å². The molecule has 1 saturated carbocycles. The molecule has 0 heterocycles. The molecular weight excluding hydrogens is 272 g/mol. The largest absolute Gasteiger partial charge is 0.508 e. The van der Waals surface area contributed by atoms with Crippen LogP contribution in [-0.2, 0) is 0 Å². The first-order valence-electron chi connectivity index (χ1n) is 9.10. The van der Waals surface area contributed by atoms with E-state index in [-0.39, 0.29) is 11.5 Å². The Labute approximate surface area is 136 Å². The van der Waals surface area contributed by atoms with E-state index in [1.54, 1.807) is 13.8 Å². The van der Waals surface area contributed by atoms with E-state index in [9.17, 15) is 5.11 Å². The van der Waals surface area contributed by atoms with Crippen LogP contribution in [0.4, 0.5) is 0 Å². The molecular formula is C20H34O2. The summed E-state index contributed by atoms with van der Waals surface area (Å²) in [7, 11) is 0. The third kappa shape index (κ3) is 8.31. The van der Waals surface area contributed by atoms with E-state index in [0.29, 0.717) is 11.1 Å². The van der Waals surface area contributed by atoms with Gasteiger partial charge >= 0.3 is 0 Å². The Morgan fingerprint density at radius 3 is 1.00 bits per heavy atom. The highest BCUT2D eigenvalue weighted by molar-refractivity contribution is 5.44. The molecule has 2 N–H and O–H groups in total. The minimum Gasteiger partial charge on any atom is -0.508 e. The van der Waals surface area contributed by atoms with Crippen LogP contribution < -0.4 is 0 Å². The smallest absolute Gasteiger partial charge is 0.121 e. The minimum atomic E-state index is 0.202. The maximum Gasteiger partial charge on any atom is 0.121 e. The highest BCUT2D eigenvalue weighted by atomic mass is 16.3. The normalized spacial score (nSPS) is 17.5. The Bertz CT molecular complexity index is 346. The van der Waals surface area contributed by atoms with E-state index in [0.717, 1.165) is 0 Å². The van der Waals surface area contributed by atoms with Crippen molar-refractivity contribution in [2.75, 3.05) is 0 Å². The van der Waals surface area contributed by atoms with Crippen molar-refractivity contribution < 1.29 is 10.2 Å². The topological polar surface area (TPSA) is 40.5 Å². The summed E-state index contributed by atoms with van der Waals surface area (Å²) in [5.41, 5.74) is 1.41. The van der Waals surface area contributed by atoms with Crippen LogP contribution in [0.1, 0.15) is 88.2 Å². The van der Waals surface area contributed by atoms with Crippen LogP contribution in [0.2, 0.25) is 0 Å². The molecule has 1 aromatic rings. The number of aromatic hydroxyl groups is 2. The predicted octanol–water partition coefficient (Wildman–Crippen LogP) is 6.40. The van der Waals surface area contributed by atoms with Crippen molar-refractivity contribution in [2.24, 2.45) is 0 Å². The van der Waals surface area contributed by atoms with E-state index < -0.39 is 0 Å². The Morgan fingerprint density at radius 1 is 0.545 bits per heavy atom. The molecule has 0 bridgehead atoms. The van der Waals surface area contributed by atoms with Crippen LogP contribution in [0.5, 0.6) is 11.5 Å². The first-order chi connectivity index (χ1) is 10.6. The zero-order valence-corrected chi connectivity index (χ0v) is 14.5. The molecule has 1 aromatic carbocycles. The molecule has 0 amide bonds. The number of rotatable bonds is 0. The molecule has 0 saturated heterocycles. The SMILES string of the molecule is C1CCCCCCCCCCC1.Cc1cc(O)cc(C)c1O. The number of hydrogen-bond donors (Lipinski definition) is 2. The van der Waals surface area contributed by atoms with Gasteiger partial charge in [-0.1, -0.05) is 77.0 Å². The highest BCUT2D eigenvalue weighted by Crippen LogP contribution is 2.25. The van der Waals surface area contributed by atoms with Gasteiger partial charge in [0, 0.05) is 0 Å². The molecule has 1 aliphatic carbocycles. The lowest BCUT2D eigenvalue weighted by Crippen LogP contribution is -1.85. The van der Waals surface area contributed by atoms with Crippen LogP contribution in [0, 0.1) is 13.8 Å². The molecule has 0 aromatic heterocycles. The average molecular weight is 306 g/mol. The molecule has 1 fully saturated rings. The third-order valence-corrected chi connectivity index (χ3v) is 4.48. The van der Waals surface area contributed by atoms with Gasteiger partial charge in [0.2, 0.25) is 0 Å². The number of benzene rings is 1. The fraction of sp³-hybridized carbons (Fsp3) is 0.700.